The smallest absolute Gasteiger partial charge is 0.344 e. The molecule has 8 heavy (non-hydrogen) atoms. The quantitative estimate of drug-likeness (QED) is 0.394. The molecule has 0 aromatic heterocycles. The highest BCUT2D eigenvalue weighted by molar-refractivity contribution is 3.56. The Morgan fingerprint density at radius 1 is 1.12 bits per heavy atom. The zero-order chi connectivity index (χ0) is 6.41. The van der Waals surface area contributed by atoms with Crippen molar-refractivity contribution in [1.82, 2.24) is 0 Å². The maximum Gasteiger partial charge on any atom is 0.375 e. The van der Waals surface area contributed by atoms with E-state index in [2.05, 4.69) is 19.8 Å². The Labute approximate surface area is 47.3 Å². The van der Waals surface area contributed by atoms with Crippen LogP contribution in [0.25, 0.3) is 0 Å². The normalized spacial score (nSPS) is 7.38. The third-order valence-electron chi connectivity index (χ3n) is 0.461. The summed E-state index contributed by atoms with van der Waals surface area (Å²) in [6.45, 7) is 0. The van der Waals surface area contributed by atoms with E-state index >= 15 is 0 Å². The predicted molar refractivity (Wildman–Crippen MR) is 23.7 cm³/mol. The summed E-state index contributed by atoms with van der Waals surface area (Å²) in [6.07, 6.45) is 0. The minimum Gasteiger partial charge on any atom is -0.344 e. The van der Waals surface area contributed by atoms with Crippen LogP contribution in [0.2, 0.25) is 0 Å². The van der Waals surface area contributed by atoms with Gasteiger partial charge in [-0.3, -0.25) is 0 Å². The van der Waals surface area contributed by atoms with Gasteiger partial charge >= 0.3 is 5.02 Å². The van der Waals surface area contributed by atoms with Gasteiger partial charge in [-0.05, 0) is 0 Å². The average molecular weight is 121 g/mol. The highest BCUT2D eigenvalue weighted by atomic mass is 17.0. The Bertz CT molecular complexity index is 76.6. The van der Waals surface area contributed by atoms with Gasteiger partial charge in [0.05, 0.1) is 0 Å². The Hall–Kier alpha value is -1.00. The van der Waals surface area contributed by atoms with Gasteiger partial charge in [-0.2, -0.15) is 0 Å². The van der Waals surface area contributed by atoms with Crippen LogP contribution in [0.4, 0.5) is 0 Å². The first-order chi connectivity index (χ1) is 3.85. The van der Waals surface area contributed by atoms with Crippen LogP contribution in [-0.4, -0.2) is 26.4 Å². The standard InChI is InChI=1S/C3H9N2O3/c1-6-4-5(7-2)8-3/h1-3H3/q+1. The molecule has 0 unspecified atom stereocenters. The molecule has 0 aromatic rings. The fourth-order valence-corrected chi connectivity index (χ4v) is 0.208. The van der Waals surface area contributed by atoms with Gasteiger partial charge in [0.1, 0.15) is 7.11 Å². The van der Waals surface area contributed by atoms with Crippen molar-refractivity contribution in [3.8, 4) is 0 Å². The van der Waals surface area contributed by atoms with Gasteiger partial charge in [0.25, 0.3) is 5.28 Å². The molecule has 0 amide bonds. The lowest BCUT2D eigenvalue weighted by atomic mass is 11.7. The van der Waals surface area contributed by atoms with Gasteiger partial charge in [-0.1, -0.05) is 0 Å². The molecule has 0 saturated carbocycles. The fourth-order valence-electron chi connectivity index (χ4n) is 0.208. The van der Waals surface area contributed by atoms with E-state index in [1.807, 2.05) is 0 Å². The molecule has 0 aliphatic carbocycles. The van der Waals surface area contributed by atoms with Gasteiger partial charge in [0.15, 0.2) is 14.2 Å². The molecule has 0 heterocycles. The fraction of sp³-hybridized carbons (Fsp3) is 1.00. The molecule has 0 radical (unpaired) electrons. The molecule has 0 atom stereocenters. The summed E-state index contributed by atoms with van der Waals surface area (Å²) >= 11 is 0. The summed E-state index contributed by atoms with van der Waals surface area (Å²) in [4.78, 5) is 13.2. The van der Waals surface area contributed by atoms with Crippen LogP contribution in [0.5, 0.6) is 0 Å². The summed E-state index contributed by atoms with van der Waals surface area (Å²) in [6, 6.07) is 0. The Kier molecular flexibility index (Phi) is 3.65. The molecule has 0 aliphatic heterocycles. The Morgan fingerprint density at radius 3 is 1.75 bits per heavy atom. The molecule has 0 spiro atoms. The molecule has 5 nitrogen and oxygen atoms in total. The minimum absolute atomic E-state index is 0.833. The lowest BCUT2D eigenvalue weighted by molar-refractivity contribution is -1.01. The van der Waals surface area contributed by atoms with E-state index < -0.39 is 0 Å². The van der Waals surface area contributed by atoms with Gasteiger partial charge < -0.3 is 4.84 Å². The van der Waals surface area contributed by atoms with Crippen molar-refractivity contribution in [1.29, 1.82) is 0 Å². The van der Waals surface area contributed by atoms with Crippen LogP contribution in [0.15, 0.2) is 5.28 Å². The predicted octanol–water partition coefficient (Wildman–Crippen LogP) is 0.135. The van der Waals surface area contributed by atoms with Crippen molar-refractivity contribution >= 4 is 0 Å². The summed E-state index contributed by atoms with van der Waals surface area (Å²) in [5, 5.41) is 4.08. The summed E-state index contributed by atoms with van der Waals surface area (Å²) in [5.41, 5.74) is 0. The molecule has 48 valence electrons. The molecule has 0 saturated heterocycles. The second-order valence-corrected chi connectivity index (χ2v) is 0.867. The van der Waals surface area contributed by atoms with Crippen molar-refractivity contribution < 1.29 is 19.5 Å². The molecule has 5 heteroatoms. The highest BCUT2D eigenvalue weighted by Gasteiger charge is 2.01. The molecule has 0 N–H and O–H groups in total. The molecular formula is C3H9N2O3+. The lowest BCUT2D eigenvalue weighted by Gasteiger charge is -1.84. The van der Waals surface area contributed by atoms with Crippen molar-refractivity contribution in [3.63, 3.8) is 0 Å². The third kappa shape index (κ3) is 2.22. The maximum absolute atomic E-state index is 4.46. The van der Waals surface area contributed by atoms with Gasteiger partial charge in [0.2, 0.25) is 0 Å². The van der Waals surface area contributed by atoms with E-state index in [-0.39, 0.29) is 0 Å². The van der Waals surface area contributed by atoms with Gasteiger partial charge in [-0.25, -0.2) is 9.68 Å². The molecule has 0 fully saturated rings. The summed E-state index contributed by atoms with van der Waals surface area (Å²) in [7, 11) is 4.21. The molecule has 0 rings (SSSR count). The van der Waals surface area contributed by atoms with Crippen LogP contribution < -0.4 is 0 Å². The third-order valence-corrected chi connectivity index (χ3v) is 0.461. The van der Waals surface area contributed by atoms with Crippen molar-refractivity contribution in [2.75, 3.05) is 21.3 Å². The van der Waals surface area contributed by atoms with E-state index in [0.29, 0.717) is 0 Å². The van der Waals surface area contributed by atoms with E-state index in [0.717, 1.165) is 5.02 Å². The first kappa shape index (κ1) is 7.00. The average Bonchev–Trinajstić information content (AvgIpc) is 1.83. The maximum atomic E-state index is 4.46. The highest BCUT2D eigenvalue weighted by Crippen LogP contribution is 1.77. The number of nitrogens with zero attached hydrogens (tertiary/aromatic N) is 2. The van der Waals surface area contributed by atoms with Gasteiger partial charge in [-0.15, -0.1) is 0 Å². The minimum atomic E-state index is 0.833. The van der Waals surface area contributed by atoms with Crippen molar-refractivity contribution in [3.05, 3.63) is 0 Å². The van der Waals surface area contributed by atoms with Crippen LogP contribution >= 0.6 is 0 Å². The topological polar surface area (TPSA) is 43.1 Å². The second kappa shape index (κ2) is 4.17. The van der Waals surface area contributed by atoms with E-state index in [1.54, 1.807) is 0 Å². The first-order valence-corrected chi connectivity index (χ1v) is 1.97. The molecule has 0 aromatic carbocycles. The van der Waals surface area contributed by atoms with Crippen molar-refractivity contribution in [2.24, 2.45) is 5.28 Å². The van der Waals surface area contributed by atoms with Crippen molar-refractivity contribution in [2.45, 2.75) is 0 Å². The van der Waals surface area contributed by atoms with Crippen LogP contribution in [-0.2, 0) is 14.5 Å². The number of hydrogen-bond acceptors (Lipinski definition) is 4. The molecule has 0 bridgehead atoms. The van der Waals surface area contributed by atoms with E-state index in [4.69, 9.17) is 0 Å². The number of rotatable bonds is 3. The van der Waals surface area contributed by atoms with Gasteiger partial charge in [0, 0.05) is 0 Å². The second-order valence-electron chi connectivity index (χ2n) is 0.867. The van der Waals surface area contributed by atoms with Crippen LogP contribution in [0.1, 0.15) is 0 Å². The molecule has 0 aliphatic rings. The Balaban J connectivity index is 3.49. The first-order valence-electron chi connectivity index (χ1n) is 1.97. The van der Waals surface area contributed by atoms with Crippen LogP contribution in [0.3, 0.4) is 0 Å². The zero-order valence-corrected chi connectivity index (χ0v) is 5.12. The number of hydrogen-bond donors (Lipinski definition) is 0. The summed E-state index contributed by atoms with van der Waals surface area (Å²) in [5.74, 6) is 0. The van der Waals surface area contributed by atoms with Crippen LogP contribution in [0, 0.1) is 0 Å². The monoisotopic (exact) mass is 121 g/mol. The molecular weight excluding hydrogens is 112 g/mol. The lowest BCUT2D eigenvalue weighted by Crippen LogP contribution is -2.05. The summed E-state index contributed by atoms with van der Waals surface area (Å²) < 4.78 is 0. The zero-order valence-electron chi connectivity index (χ0n) is 5.12. The largest absolute Gasteiger partial charge is 0.375 e. The van der Waals surface area contributed by atoms with E-state index in [9.17, 15) is 0 Å². The Morgan fingerprint density at radius 2 is 1.62 bits per heavy atom. The van der Waals surface area contributed by atoms with E-state index in [1.165, 1.54) is 21.3 Å². The SMILES string of the molecule is CON=[N+](OC)OC.